The fourth-order valence-corrected chi connectivity index (χ4v) is 1.22. The maximum atomic E-state index is 5.52. The molecule has 100 valence electrons. The third-order valence-electron chi connectivity index (χ3n) is 2.00. The maximum absolute atomic E-state index is 5.52. The van der Waals surface area contributed by atoms with Crippen LogP contribution >= 0.6 is 0 Å². The van der Waals surface area contributed by atoms with Crippen LogP contribution in [0.25, 0.3) is 0 Å². The van der Waals surface area contributed by atoms with Gasteiger partial charge in [0.2, 0.25) is 0 Å². The Kier molecular flexibility index (Phi) is 19.2. The van der Waals surface area contributed by atoms with E-state index in [1.165, 1.54) is 24.8 Å². The van der Waals surface area contributed by atoms with Crippen molar-refractivity contribution in [2.75, 3.05) is 6.61 Å². The monoisotopic (exact) mass is 238 g/mol. The highest BCUT2D eigenvalue weighted by Crippen LogP contribution is 2.01. The molecule has 0 unspecified atom stereocenters. The van der Waals surface area contributed by atoms with E-state index in [1.807, 2.05) is 45.9 Å². The van der Waals surface area contributed by atoms with Crippen LogP contribution in [0.3, 0.4) is 0 Å². The van der Waals surface area contributed by atoms with E-state index in [-0.39, 0.29) is 0 Å². The van der Waals surface area contributed by atoms with Gasteiger partial charge in [0.05, 0.1) is 6.61 Å². The standard InChI is InChI=1S/C12H18O.2C2H6/c1-2-3-7-10-13-11-12-8-5-4-6-9-12;2*1-2/h4-6,8-9H,2-3,7,10-11H2,1H3;2*1-2H3. The van der Waals surface area contributed by atoms with Crippen molar-refractivity contribution in [2.45, 2.75) is 60.5 Å². The highest BCUT2D eigenvalue weighted by Gasteiger charge is 1.90. The second kappa shape index (κ2) is 17.6. The van der Waals surface area contributed by atoms with Gasteiger partial charge >= 0.3 is 0 Å². The minimum atomic E-state index is 0.755. The lowest BCUT2D eigenvalue weighted by Crippen LogP contribution is -1.94. The summed E-state index contributed by atoms with van der Waals surface area (Å²) < 4.78 is 5.52. The second-order valence-corrected chi connectivity index (χ2v) is 3.25. The lowest BCUT2D eigenvalue weighted by atomic mass is 10.2. The van der Waals surface area contributed by atoms with Crippen LogP contribution in [0.2, 0.25) is 0 Å². The summed E-state index contributed by atoms with van der Waals surface area (Å²) >= 11 is 0. The summed E-state index contributed by atoms with van der Waals surface area (Å²) in [5.41, 5.74) is 1.26. The van der Waals surface area contributed by atoms with Crippen molar-refractivity contribution in [3.05, 3.63) is 35.9 Å². The minimum Gasteiger partial charge on any atom is -0.377 e. The van der Waals surface area contributed by atoms with E-state index >= 15 is 0 Å². The predicted octanol–water partition coefficient (Wildman–Crippen LogP) is 5.45. The molecule has 0 amide bonds. The first-order valence-electron chi connectivity index (χ1n) is 7.05. The number of hydrogen-bond acceptors (Lipinski definition) is 1. The van der Waals surface area contributed by atoms with Crippen molar-refractivity contribution in [2.24, 2.45) is 0 Å². The molecule has 0 N–H and O–H groups in total. The van der Waals surface area contributed by atoms with Crippen LogP contribution in [0.5, 0.6) is 0 Å². The van der Waals surface area contributed by atoms with E-state index in [2.05, 4.69) is 19.1 Å². The van der Waals surface area contributed by atoms with E-state index in [1.54, 1.807) is 0 Å². The third kappa shape index (κ3) is 13.1. The maximum Gasteiger partial charge on any atom is 0.0716 e. The zero-order chi connectivity index (χ0) is 13.4. The first-order chi connectivity index (χ1) is 8.43. The molecule has 0 fully saturated rings. The van der Waals surface area contributed by atoms with Gasteiger partial charge in [0.25, 0.3) is 0 Å². The number of benzene rings is 1. The van der Waals surface area contributed by atoms with Crippen molar-refractivity contribution in [1.82, 2.24) is 0 Å². The van der Waals surface area contributed by atoms with Crippen LogP contribution in [0, 0.1) is 0 Å². The SMILES string of the molecule is CC.CC.CCCCCOCc1ccccc1. The molecule has 1 aromatic carbocycles. The number of unbranched alkanes of at least 4 members (excludes halogenated alkanes) is 2. The van der Waals surface area contributed by atoms with Crippen LogP contribution in [0.4, 0.5) is 0 Å². The normalized spacial score (nSPS) is 8.53. The molecule has 0 spiro atoms. The Labute approximate surface area is 108 Å². The third-order valence-corrected chi connectivity index (χ3v) is 2.00. The summed E-state index contributed by atoms with van der Waals surface area (Å²) in [7, 11) is 0. The fourth-order valence-electron chi connectivity index (χ4n) is 1.22. The summed E-state index contributed by atoms with van der Waals surface area (Å²) in [6.07, 6.45) is 3.72. The number of rotatable bonds is 6. The van der Waals surface area contributed by atoms with E-state index in [9.17, 15) is 0 Å². The smallest absolute Gasteiger partial charge is 0.0716 e. The van der Waals surface area contributed by atoms with Gasteiger partial charge in [-0.1, -0.05) is 77.8 Å². The minimum absolute atomic E-state index is 0.755. The van der Waals surface area contributed by atoms with Crippen LogP contribution in [0.15, 0.2) is 30.3 Å². The Balaban J connectivity index is 0. The molecule has 0 aromatic heterocycles. The van der Waals surface area contributed by atoms with Crippen LogP contribution in [0.1, 0.15) is 59.4 Å². The molecule has 0 bridgehead atoms. The van der Waals surface area contributed by atoms with Crippen molar-refractivity contribution in [3.63, 3.8) is 0 Å². The first kappa shape index (κ1) is 18.5. The highest BCUT2D eigenvalue weighted by molar-refractivity contribution is 5.13. The molecule has 1 heteroatoms. The zero-order valence-electron chi connectivity index (χ0n) is 12.3. The number of hydrogen-bond donors (Lipinski definition) is 0. The molecule has 1 aromatic rings. The fraction of sp³-hybridized carbons (Fsp3) is 0.625. The summed E-state index contributed by atoms with van der Waals surface area (Å²) in [4.78, 5) is 0. The molecule has 1 rings (SSSR count). The van der Waals surface area contributed by atoms with Gasteiger partial charge in [-0.3, -0.25) is 0 Å². The molecule has 0 heterocycles. The van der Waals surface area contributed by atoms with Gasteiger partial charge < -0.3 is 4.74 Å². The molecular weight excluding hydrogens is 208 g/mol. The Bertz CT molecular complexity index is 206. The Morgan fingerprint density at radius 2 is 1.47 bits per heavy atom. The van der Waals surface area contributed by atoms with Crippen LogP contribution in [-0.4, -0.2) is 6.61 Å². The van der Waals surface area contributed by atoms with Gasteiger partial charge in [-0.15, -0.1) is 0 Å². The summed E-state index contributed by atoms with van der Waals surface area (Å²) in [6.45, 7) is 11.9. The molecule has 0 aliphatic carbocycles. The predicted molar refractivity (Wildman–Crippen MR) is 78.3 cm³/mol. The highest BCUT2D eigenvalue weighted by atomic mass is 16.5. The lowest BCUT2D eigenvalue weighted by molar-refractivity contribution is 0.117. The van der Waals surface area contributed by atoms with Crippen molar-refractivity contribution in [1.29, 1.82) is 0 Å². The molecular formula is C16H30O. The molecule has 0 saturated carbocycles. The van der Waals surface area contributed by atoms with Crippen molar-refractivity contribution >= 4 is 0 Å². The first-order valence-corrected chi connectivity index (χ1v) is 7.05. The molecule has 0 aliphatic heterocycles. The van der Waals surface area contributed by atoms with Crippen molar-refractivity contribution in [3.8, 4) is 0 Å². The molecule has 17 heavy (non-hydrogen) atoms. The summed E-state index contributed by atoms with van der Waals surface area (Å²) in [5.74, 6) is 0. The largest absolute Gasteiger partial charge is 0.377 e. The second-order valence-electron chi connectivity index (χ2n) is 3.25. The molecule has 0 atom stereocenters. The van der Waals surface area contributed by atoms with E-state index in [4.69, 9.17) is 4.74 Å². The summed E-state index contributed by atoms with van der Waals surface area (Å²) in [6, 6.07) is 10.3. The molecule has 0 saturated heterocycles. The average molecular weight is 238 g/mol. The Hall–Kier alpha value is -0.820. The molecule has 0 radical (unpaired) electrons. The molecule has 1 nitrogen and oxygen atoms in total. The van der Waals surface area contributed by atoms with Gasteiger partial charge in [0.1, 0.15) is 0 Å². The van der Waals surface area contributed by atoms with Gasteiger partial charge in [0, 0.05) is 6.61 Å². The summed E-state index contributed by atoms with van der Waals surface area (Å²) in [5, 5.41) is 0. The van der Waals surface area contributed by atoms with Gasteiger partial charge in [0.15, 0.2) is 0 Å². The average Bonchev–Trinajstić information content (AvgIpc) is 2.44. The van der Waals surface area contributed by atoms with Crippen LogP contribution in [-0.2, 0) is 11.3 Å². The quantitative estimate of drug-likeness (QED) is 0.599. The molecule has 0 aliphatic rings. The lowest BCUT2D eigenvalue weighted by Gasteiger charge is -2.02. The van der Waals surface area contributed by atoms with Crippen molar-refractivity contribution < 1.29 is 4.74 Å². The Morgan fingerprint density at radius 1 is 0.882 bits per heavy atom. The van der Waals surface area contributed by atoms with E-state index in [0.717, 1.165) is 13.2 Å². The van der Waals surface area contributed by atoms with Gasteiger partial charge in [-0.05, 0) is 12.0 Å². The van der Waals surface area contributed by atoms with E-state index < -0.39 is 0 Å². The number of ether oxygens (including phenoxy) is 1. The van der Waals surface area contributed by atoms with Gasteiger partial charge in [-0.2, -0.15) is 0 Å². The van der Waals surface area contributed by atoms with Crippen LogP contribution < -0.4 is 0 Å². The Morgan fingerprint density at radius 3 is 2.00 bits per heavy atom. The topological polar surface area (TPSA) is 9.23 Å². The van der Waals surface area contributed by atoms with E-state index in [0.29, 0.717) is 0 Å². The van der Waals surface area contributed by atoms with Gasteiger partial charge in [-0.25, -0.2) is 0 Å². The zero-order valence-corrected chi connectivity index (χ0v) is 12.3.